The van der Waals surface area contributed by atoms with E-state index in [2.05, 4.69) is 10.6 Å². The predicted octanol–water partition coefficient (Wildman–Crippen LogP) is 1.65. The lowest BCUT2D eigenvalue weighted by molar-refractivity contribution is -0.387. The molecular weight excluding hydrogens is 221 g/mol. The van der Waals surface area contributed by atoms with Crippen LogP contribution in [0.3, 0.4) is 0 Å². The van der Waals surface area contributed by atoms with Crippen molar-refractivity contribution >= 4 is 28.7 Å². The molecule has 1 rings (SSSR count). The van der Waals surface area contributed by atoms with Crippen LogP contribution in [0.5, 0.6) is 0 Å². The number of nitrogens with zero attached hydrogens (tertiary/aromatic N) is 1. The summed E-state index contributed by atoms with van der Waals surface area (Å²) >= 11 is 4.79. The highest BCUT2D eigenvalue weighted by molar-refractivity contribution is 7.80. The van der Waals surface area contributed by atoms with Gasteiger partial charge in [0.2, 0.25) is 5.82 Å². The van der Waals surface area contributed by atoms with Crippen LogP contribution in [0.4, 0.5) is 15.8 Å². The van der Waals surface area contributed by atoms with Gasteiger partial charge in [-0.25, -0.2) is 0 Å². The number of nitro groups is 1. The Morgan fingerprint density at radius 1 is 1.60 bits per heavy atom. The van der Waals surface area contributed by atoms with Gasteiger partial charge in [-0.15, -0.1) is 0 Å². The van der Waals surface area contributed by atoms with Crippen LogP contribution in [-0.2, 0) is 0 Å². The smallest absolute Gasteiger partial charge is 0.306 e. The lowest BCUT2D eigenvalue weighted by Crippen LogP contribution is -2.24. The summed E-state index contributed by atoms with van der Waals surface area (Å²) in [6.07, 6.45) is 0. The van der Waals surface area contributed by atoms with Gasteiger partial charge >= 0.3 is 5.69 Å². The van der Waals surface area contributed by atoms with Crippen LogP contribution in [-0.4, -0.2) is 17.1 Å². The van der Waals surface area contributed by atoms with Gasteiger partial charge < -0.3 is 10.6 Å². The Morgan fingerprint density at radius 3 is 2.80 bits per heavy atom. The van der Waals surface area contributed by atoms with Gasteiger partial charge in [0.25, 0.3) is 0 Å². The van der Waals surface area contributed by atoms with Crippen molar-refractivity contribution < 1.29 is 9.31 Å². The molecule has 0 saturated carbocycles. The summed E-state index contributed by atoms with van der Waals surface area (Å²) in [6, 6.07) is 3.46. The fourth-order valence-corrected chi connectivity index (χ4v) is 1.04. The van der Waals surface area contributed by atoms with Crippen LogP contribution in [0.15, 0.2) is 18.2 Å². The van der Waals surface area contributed by atoms with Gasteiger partial charge in [-0.3, -0.25) is 10.1 Å². The summed E-state index contributed by atoms with van der Waals surface area (Å²) in [7, 11) is 1.60. The second kappa shape index (κ2) is 4.65. The average Bonchev–Trinajstić information content (AvgIpc) is 2.20. The molecule has 7 heteroatoms. The maximum atomic E-state index is 12.9. The van der Waals surface area contributed by atoms with Crippen molar-refractivity contribution in [3.05, 3.63) is 34.1 Å². The number of nitrogens with one attached hydrogen (secondary N) is 2. The molecule has 0 saturated heterocycles. The molecule has 2 N–H and O–H groups in total. The molecule has 1 aromatic rings. The third-order valence-corrected chi connectivity index (χ3v) is 1.93. The van der Waals surface area contributed by atoms with Gasteiger partial charge in [-0.1, -0.05) is 0 Å². The van der Waals surface area contributed by atoms with Crippen LogP contribution < -0.4 is 10.6 Å². The second-order valence-electron chi connectivity index (χ2n) is 2.63. The number of thiocarbonyl (C=S) groups is 1. The molecule has 15 heavy (non-hydrogen) atoms. The van der Waals surface area contributed by atoms with Crippen LogP contribution in [0.2, 0.25) is 0 Å². The Labute approximate surface area is 90.4 Å². The summed E-state index contributed by atoms with van der Waals surface area (Å²) in [5, 5.41) is 16.0. The third kappa shape index (κ3) is 2.84. The molecule has 0 spiro atoms. The summed E-state index contributed by atoms with van der Waals surface area (Å²) < 4.78 is 12.9. The highest BCUT2D eigenvalue weighted by Crippen LogP contribution is 2.21. The van der Waals surface area contributed by atoms with Crippen LogP contribution in [0.25, 0.3) is 0 Å². The molecule has 0 unspecified atom stereocenters. The van der Waals surface area contributed by atoms with E-state index in [1.54, 1.807) is 7.05 Å². The maximum Gasteiger partial charge on any atom is 0.306 e. The summed E-state index contributed by atoms with van der Waals surface area (Å²) in [5.41, 5.74) is -0.221. The first kappa shape index (κ1) is 11.3. The van der Waals surface area contributed by atoms with Crippen molar-refractivity contribution in [2.75, 3.05) is 12.4 Å². The van der Waals surface area contributed by atoms with E-state index in [-0.39, 0.29) is 0 Å². The third-order valence-electron chi connectivity index (χ3n) is 1.63. The first-order chi connectivity index (χ1) is 7.04. The molecule has 0 atom stereocenters. The highest BCUT2D eigenvalue weighted by Gasteiger charge is 2.14. The number of benzene rings is 1. The molecule has 0 amide bonds. The van der Waals surface area contributed by atoms with Crippen LogP contribution in [0, 0.1) is 15.9 Å². The molecule has 0 aliphatic heterocycles. The predicted molar refractivity (Wildman–Crippen MR) is 58.3 cm³/mol. The minimum atomic E-state index is -0.874. The molecule has 0 radical (unpaired) electrons. The molecule has 0 aliphatic carbocycles. The minimum absolute atomic E-state index is 0.302. The number of rotatable bonds is 2. The molecule has 80 valence electrons. The fraction of sp³-hybridized carbons (Fsp3) is 0.125. The zero-order valence-corrected chi connectivity index (χ0v) is 8.60. The Balaban J connectivity index is 2.97. The summed E-state index contributed by atoms with van der Waals surface area (Å²) in [4.78, 5) is 9.63. The molecule has 0 bridgehead atoms. The number of anilines is 1. The van der Waals surface area contributed by atoms with Crippen molar-refractivity contribution in [3.8, 4) is 0 Å². The van der Waals surface area contributed by atoms with E-state index in [1.165, 1.54) is 6.07 Å². The molecular formula is C8H8FN3O2S. The maximum absolute atomic E-state index is 12.9. The normalized spacial score (nSPS) is 9.47. The van der Waals surface area contributed by atoms with Crippen molar-refractivity contribution in [3.63, 3.8) is 0 Å². The Hall–Kier alpha value is -1.76. The second-order valence-corrected chi connectivity index (χ2v) is 3.04. The molecule has 0 heterocycles. The van der Waals surface area contributed by atoms with Crippen molar-refractivity contribution in [1.82, 2.24) is 5.32 Å². The Morgan fingerprint density at radius 2 is 2.27 bits per heavy atom. The number of nitro benzene ring substituents is 1. The molecule has 0 aliphatic rings. The summed E-state index contributed by atoms with van der Waals surface area (Å²) in [5.74, 6) is -0.874. The van der Waals surface area contributed by atoms with E-state index < -0.39 is 16.4 Å². The first-order valence-electron chi connectivity index (χ1n) is 3.97. The van der Waals surface area contributed by atoms with E-state index in [0.717, 1.165) is 12.1 Å². The SMILES string of the molecule is CNC(=S)Nc1ccc(F)c([N+](=O)[O-])c1. The first-order valence-corrected chi connectivity index (χ1v) is 4.38. The largest absolute Gasteiger partial charge is 0.366 e. The van der Waals surface area contributed by atoms with E-state index in [0.29, 0.717) is 10.8 Å². The van der Waals surface area contributed by atoms with Gasteiger partial charge in [0, 0.05) is 18.8 Å². The van der Waals surface area contributed by atoms with E-state index >= 15 is 0 Å². The summed E-state index contributed by atoms with van der Waals surface area (Å²) in [6.45, 7) is 0. The zero-order chi connectivity index (χ0) is 11.4. The van der Waals surface area contributed by atoms with E-state index in [1.807, 2.05) is 0 Å². The van der Waals surface area contributed by atoms with Crippen molar-refractivity contribution in [2.24, 2.45) is 0 Å². The van der Waals surface area contributed by atoms with Gasteiger partial charge in [0.1, 0.15) is 0 Å². The monoisotopic (exact) mass is 229 g/mol. The lowest BCUT2D eigenvalue weighted by Gasteiger charge is -2.06. The topological polar surface area (TPSA) is 67.2 Å². The molecule has 0 aromatic heterocycles. The number of halogens is 1. The zero-order valence-electron chi connectivity index (χ0n) is 7.78. The van der Waals surface area contributed by atoms with E-state index in [9.17, 15) is 14.5 Å². The molecule has 1 aromatic carbocycles. The van der Waals surface area contributed by atoms with Crippen LogP contribution in [0.1, 0.15) is 0 Å². The van der Waals surface area contributed by atoms with E-state index in [4.69, 9.17) is 12.2 Å². The van der Waals surface area contributed by atoms with Crippen LogP contribution >= 0.6 is 12.2 Å². The quantitative estimate of drug-likeness (QED) is 0.458. The van der Waals surface area contributed by atoms with Gasteiger partial charge in [-0.2, -0.15) is 4.39 Å². The lowest BCUT2D eigenvalue weighted by atomic mass is 10.2. The fourth-order valence-electron chi connectivity index (χ4n) is 0.924. The van der Waals surface area contributed by atoms with Gasteiger partial charge in [-0.05, 0) is 24.4 Å². The Bertz CT molecular complexity index is 411. The van der Waals surface area contributed by atoms with Gasteiger partial charge in [0.15, 0.2) is 5.11 Å². The highest BCUT2D eigenvalue weighted by atomic mass is 32.1. The molecule has 0 fully saturated rings. The number of hydrogen-bond acceptors (Lipinski definition) is 3. The number of hydrogen-bond donors (Lipinski definition) is 2. The van der Waals surface area contributed by atoms with Gasteiger partial charge in [0.05, 0.1) is 4.92 Å². The minimum Gasteiger partial charge on any atom is -0.366 e. The average molecular weight is 229 g/mol. The standard InChI is InChI=1S/C8H8FN3O2S/c1-10-8(15)11-5-2-3-6(9)7(4-5)12(13)14/h2-4H,1H3,(H2,10,11,15). The Kier molecular flexibility index (Phi) is 3.51. The molecule has 5 nitrogen and oxygen atoms in total. The van der Waals surface area contributed by atoms with Crippen molar-refractivity contribution in [2.45, 2.75) is 0 Å². The van der Waals surface area contributed by atoms with Crippen molar-refractivity contribution in [1.29, 1.82) is 0 Å².